The predicted octanol–water partition coefficient (Wildman–Crippen LogP) is 4.68. The smallest absolute Gasteiger partial charge is 0.310 e. The third-order valence-corrected chi connectivity index (χ3v) is 5.17. The summed E-state index contributed by atoms with van der Waals surface area (Å²) in [7, 11) is 0. The number of anilines is 1. The summed E-state index contributed by atoms with van der Waals surface area (Å²) in [5.74, 6) is -0.990. The fourth-order valence-corrected chi connectivity index (χ4v) is 3.35. The molecule has 180 valence electrons. The van der Waals surface area contributed by atoms with E-state index in [0.717, 1.165) is 30.4 Å². The Morgan fingerprint density at radius 2 is 1.80 bits per heavy atom. The van der Waals surface area contributed by atoms with Crippen LogP contribution in [-0.4, -0.2) is 30.6 Å². The Kier molecular flexibility index (Phi) is 6.85. The Hall–Kier alpha value is -4.15. The van der Waals surface area contributed by atoms with Crippen LogP contribution >= 0.6 is 0 Å². The molecule has 11 heteroatoms. The fraction of sp³-hybridized carbons (Fsp3) is 0.208. The molecule has 3 aromatic heterocycles. The first-order valence-electron chi connectivity index (χ1n) is 10.7. The van der Waals surface area contributed by atoms with Crippen LogP contribution in [0.4, 0.5) is 23.4 Å². The van der Waals surface area contributed by atoms with Crippen LogP contribution < -0.4 is 5.32 Å². The zero-order chi connectivity index (χ0) is 25.0. The van der Waals surface area contributed by atoms with Gasteiger partial charge in [-0.15, -0.1) is 0 Å². The molecule has 4 aromatic rings. The molecule has 0 saturated carbocycles. The van der Waals surface area contributed by atoms with E-state index in [-0.39, 0.29) is 17.8 Å². The molecule has 0 aliphatic rings. The molecular formula is C24H20F4N6O. The monoisotopic (exact) mass is 484 g/mol. The molecule has 0 radical (unpaired) electrons. The summed E-state index contributed by atoms with van der Waals surface area (Å²) in [5, 5.41) is 6.48. The van der Waals surface area contributed by atoms with E-state index in [0.29, 0.717) is 23.4 Å². The maximum atomic E-state index is 14.7. The Morgan fingerprint density at radius 1 is 1.03 bits per heavy atom. The van der Waals surface area contributed by atoms with Crippen molar-refractivity contribution in [3.8, 4) is 11.1 Å². The molecule has 0 atom stereocenters. The number of pyridine rings is 1. The first-order chi connectivity index (χ1) is 16.7. The number of aryl methyl sites for hydroxylation is 1. The third kappa shape index (κ3) is 6.05. The van der Waals surface area contributed by atoms with Crippen LogP contribution in [0.15, 0.2) is 61.3 Å². The minimum atomic E-state index is -4.56. The van der Waals surface area contributed by atoms with Crippen molar-refractivity contribution in [1.82, 2.24) is 24.7 Å². The number of aromatic nitrogens is 5. The second kappa shape index (κ2) is 10.00. The zero-order valence-corrected chi connectivity index (χ0v) is 18.6. The summed E-state index contributed by atoms with van der Waals surface area (Å²) in [5.41, 5.74) is 1.25. The molecule has 3 heterocycles. The standard InChI is InChI=1S/C24H20F4N6O/c1-2-34-14-15(11-32-34)7-21-30-12-18(13-31-21)16-3-4-17(20(25)8-16)9-23(35)33-22-10-19(5-6-29-22)24(26,27)28/h3-6,8,10-14H,2,7,9H2,1H3,(H,29,33,35). The molecule has 7 nitrogen and oxygen atoms in total. The Morgan fingerprint density at radius 3 is 2.46 bits per heavy atom. The lowest BCUT2D eigenvalue weighted by Gasteiger charge is -2.10. The molecule has 35 heavy (non-hydrogen) atoms. The molecule has 0 saturated heterocycles. The predicted molar refractivity (Wildman–Crippen MR) is 120 cm³/mol. The van der Waals surface area contributed by atoms with Gasteiger partial charge in [-0.1, -0.05) is 12.1 Å². The maximum Gasteiger partial charge on any atom is 0.416 e. The highest BCUT2D eigenvalue weighted by Gasteiger charge is 2.30. The van der Waals surface area contributed by atoms with Gasteiger partial charge in [-0.25, -0.2) is 19.3 Å². The third-order valence-electron chi connectivity index (χ3n) is 5.17. The second-order valence-corrected chi connectivity index (χ2v) is 7.73. The first kappa shape index (κ1) is 24.0. The summed E-state index contributed by atoms with van der Waals surface area (Å²) in [6, 6.07) is 5.84. The molecule has 0 aliphatic heterocycles. The van der Waals surface area contributed by atoms with Gasteiger partial charge in [-0.2, -0.15) is 18.3 Å². The van der Waals surface area contributed by atoms with Gasteiger partial charge in [-0.05, 0) is 41.8 Å². The van der Waals surface area contributed by atoms with E-state index in [2.05, 4.69) is 25.4 Å². The maximum absolute atomic E-state index is 14.7. The summed E-state index contributed by atoms with van der Waals surface area (Å²) in [6.07, 6.45) is 3.39. The van der Waals surface area contributed by atoms with E-state index >= 15 is 0 Å². The lowest BCUT2D eigenvalue weighted by atomic mass is 10.0. The number of nitrogens with zero attached hydrogens (tertiary/aromatic N) is 5. The highest BCUT2D eigenvalue weighted by Crippen LogP contribution is 2.30. The van der Waals surface area contributed by atoms with Crippen LogP contribution in [0.2, 0.25) is 0 Å². The van der Waals surface area contributed by atoms with Gasteiger partial charge in [0, 0.05) is 43.3 Å². The molecule has 1 amide bonds. The van der Waals surface area contributed by atoms with Gasteiger partial charge in [0.05, 0.1) is 18.2 Å². The van der Waals surface area contributed by atoms with Gasteiger partial charge in [0.2, 0.25) is 5.91 Å². The number of nitrogens with one attached hydrogen (secondary N) is 1. The number of hydrogen-bond acceptors (Lipinski definition) is 5. The molecule has 0 aliphatic carbocycles. The van der Waals surface area contributed by atoms with Crippen LogP contribution in [0.1, 0.15) is 29.4 Å². The summed E-state index contributed by atoms with van der Waals surface area (Å²) in [6.45, 7) is 2.76. The molecular weight excluding hydrogens is 464 g/mol. The number of carbonyl (C=O) groups is 1. The van der Waals surface area contributed by atoms with E-state index in [1.165, 1.54) is 12.1 Å². The van der Waals surface area contributed by atoms with Crippen molar-refractivity contribution >= 4 is 11.7 Å². The van der Waals surface area contributed by atoms with Crippen LogP contribution in [0.3, 0.4) is 0 Å². The normalized spacial score (nSPS) is 11.5. The highest BCUT2D eigenvalue weighted by molar-refractivity contribution is 5.91. The molecule has 0 spiro atoms. The van der Waals surface area contributed by atoms with E-state index in [4.69, 9.17) is 0 Å². The Bertz CT molecular complexity index is 1330. The van der Waals surface area contributed by atoms with Gasteiger partial charge in [0.15, 0.2) is 0 Å². The number of hydrogen-bond donors (Lipinski definition) is 1. The van der Waals surface area contributed by atoms with Crippen molar-refractivity contribution in [3.63, 3.8) is 0 Å². The van der Waals surface area contributed by atoms with Crippen LogP contribution in [0, 0.1) is 5.82 Å². The molecule has 4 rings (SSSR count). The quantitative estimate of drug-likeness (QED) is 0.385. The SMILES string of the molecule is CCn1cc(Cc2ncc(-c3ccc(CC(=O)Nc4cc(C(F)(F)F)ccn4)c(F)c3)cn2)cn1. The average molecular weight is 484 g/mol. The van der Waals surface area contributed by atoms with Gasteiger partial charge in [0.25, 0.3) is 0 Å². The number of alkyl halides is 3. The minimum Gasteiger partial charge on any atom is -0.310 e. The molecule has 0 fully saturated rings. The van der Waals surface area contributed by atoms with E-state index in [9.17, 15) is 22.4 Å². The Labute approximate surface area is 197 Å². The highest BCUT2D eigenvalue weighted by atomic mass is 19.4. The van der Waals surface area contributed by atoms with Crippen molar-refractivity contribution in [3.05, 3.63) is 89.6 Å². The van der Waals surface area contributed by atoms with Crippen LogP contribution in [0.5, 0.6) is 0 Å². The van der Waals surface area contributed by atoms with Crippen molar-refractivity contribution in [1.29, 1.82) is 0 Å². The van der Waals surface area contributed by atoms with Crippen molar-refractivity contribution in [2.45, 2.75) is 32.5 Å². The average Bonchev–Trinajstić information content (AvgIpc) is 3.28. The number of halogens is 4. The number of benzene rings is 1. The van der Waals surface area contributed by atoms with E-state index in [1.54, 1.807) is 24.7 Å². The summed E-state index contributed by atoms with van der Waals surface area (Å²) >= 11 is 0. The second-order valence-electron chi connectivity index (χ2n) is 7.73. The first-order valence-corrected chi connectivity index (χ1v) is 10.7. The Balaban J connectivity index is 1.40. The number of carbonyl (C=O) groups excluding carboxylic acids is 1. The molecule has 0 unspecified atom stereocenters. The van der Waals surface area contributed by atoms with Gasteiger partial charge >= 0.3 is 6.18 Å². The van der Waals surface area contributed by atoms with Crippen LogP contribution in [0.25, 0.3) is 11.1 Å². The lowest BCUT2D eigenvalue weighted by Crippen LogP contribution is -2.17. The van der Waals surface area contributed by atoms with Crippen molar-refractivity contribution in [2.24, 2.45) is 0 Å². The van der Waals surface area contributed by atoms with Crippen molar-refractivity contribution in [2.75, 3.05) is 5.32 Å². The van der Waals surface area contributed by atoms with Gasteiger partial charge < -0.3 is 5.32 Å². The minimum absolute atomic E-state index is 0.0868. The van der Waals surface area contributed by atoms with Crippen molar-refractivity contribution < 1.29 is 22.4 Å². The number of rotatable bonds is 7. The van der Waals surface area contributed by atoms with E-state index < -0.39 is 23.5 Å². The lowest BCUT2D eigenvalue weighted by molar-refractivity contribution is -0.137. The molecule has 1 N–H and O–H groups in total. The largest absolute Gasteiger partial charge is 0.416 e. The van der Waals surface area contributed by atoms with Crippen LogP contribution in [-0.2, 0) is 30.4 Å². The zero-order valence-electron chi connectivity index (χ0n) is 18.6. The van der Waals surface area contributed by atoms with Gasteiger partial charge in [-0.3, -0.25) is 9.48 Å². The number of amides is 1. The molecule has 0 bridgehead atoms. The topological polar surface area (TPSA) is 85.6 Å². The fourth-order valence-electron chi connectivity index (χ4n) is 3.35. The van der Waals surface area contributed by atoms with E-state index in [1.807, 2.05) is 17.8 Å². The molecule has 1 aromatic carbocycles. The van der Waals surface area contributed by atoms with Gasteiger partial charge in [0.1, 0.15) is 17.5 Å². The summed E-state index contributed by atoms with van der Waals surface area (Å²) < 4.78 is 54.9. The summed E-state index contributed by atoms with van der Waals surface area (Å²) in [4.78, 5) is 24.6.